The summed E-state index contributed by atoms with van der Waals surface area (Å²) < 4.78 is 0. The predicted molar refractivity (Wildman–Crippen MR) is 150 cm³/mol. The van der Waals surface area contributed by atoms with Crippen LogP contribution in [0.3, 0.4) is 0 Å². The molecule has 7 N–H and O–H groups in total. The van der Waals surface area contributed by atoms with E-state index in [1.165, 1.54) is 11.0 Å². The van der Waals surface area contributed by atoms with E-state index in [-0.39, 0.29) is 54.5 Å². The number of carbonyl (C=O) groups is 4. The molecule has 220 valence electrons. The van der Waals surface area contributed by atoms with Crippen LogP contribution >= 0.6 is 24.8 Å². The summed E-state index contributed by atoms with van der Waals surface area (Å²) in [7, 11) is 6.56. The van der Waals surface area contributed by atoms with Crippen LogP contribution < -0.4 is 11.1 Å². The van der Waals surface area contributed by atoms with Crippen molar-refractivity contribution in [3.63, 3.8) is 0 Å². The minimum absolute atomic E-state index is 0. The van der Waals surface area contributed by atoms with Gasteiger partial charge in [-0.3, -0.25) is 29.0 Å². The molecule has 4 rings (SSSR count). The summed E-state index contributed by atoms with van der Waals surface area (Å²) in [6, 6.07) is 1.49. The number of fused-ring (bicyclic) bond motifs is 3. The lowest BCUT2D eigenvalue weighted by Gasteiger charge is -2.50. The van der Waals surface area contributed by atoms with Crippen molar-refractivity contribution in [2.24, 2.45) is 17.6 Å². The summed E-state index contributed by atoms with van der Waals surface area (Å²) in [5.74, 6) is -7.62. The number of benzene rings is 1. The summed E-state index contributed by atoms with van der Waals surface area (Å²) >= 11 is 0. The molecule has 3 aliphatic carbocycles. The van der Waals surface area contributed by atoms with Crippen molar-refractivity contribution >= 4 is 53.9 Å². The van der Waals surface area contributed by atoms with Crippen LogP contribution in [-0.2, 0) is 20.8 Å². The number of anilines is 1. The number of aliphatic hydroxyl groups is 3. The molecule has 0 spiro atoms. The Labute approximate surface area is 243 Å². The number of nitrogens with one attached hydrogen (secondary N) is 1. The van der Waals surface area contributed by atoms with E-state index in [0.717, 1.165) is 0 Å². The van der Waals surface area contributed by atoms with Gasteiger partial charge in [0.1, 0.15) is 17.1 Å². The second-order valence-corrected chi connectivity index (χ2v) is 10.6. The Balaban J connectivity index is 0.00000280. The first-order valence-corrected chi connectivity index (χ1v) is 12.1. The van der Waals surface area contributed by atoms with Crippen molar-refractivity contribution < 1.29 is 39.6 Å². The van der Waals surface area contributed by atoms with Gasteiger partial charge in [-0.05, 0) is 65.5 Å². The molecule has 0 aliphatic heterocycles. The van der Waals surface area contributed by atoms with Gasteiger partial charge < -0.3 is 31.5 Å². The summed E-state index contributed by atoms with van der Waals surface area (Å²) in [6.07, 6.45) is 0.176. The summed E-state index contributed by atoms with van der Waals surface area (Å²) in [5, 5.41) is 47.3. The Kier molecular flexibility index (Phi) is 9.40. The normalized spacial score (nSPS) is 26.4. The van der Waals surface area contributed by atoms with Crippen LogP contribution in [0.2, 0.25) is 0 Å². The fourth-order valence-corrected chi connectivity index (χ4v) is 5.80. The maximum absolute atomic E-state index is 13.7. The third kappa shape index (κ3) is 4.73. The van der Waals surface area contributed by atoms with Gasteiger partial charge in [0.2, 0.25) is 11.7 Å². The minimum atomic E-state index is -2.70. The molecule has 0 bridgehead atoms. The predicted octanol–water partition coefficient (Wildman–Crippen LogP) is 0.853. The number of nitrogens with two attached hydrogens (primary N) is 1. The molecule has 1 aromatic rings. The Morgan fingerprint density at radius 3 is 2.23 bits per heavy atom. The van der Waals surface area contributed by atoms with Crippen molar-refractivity contribution in [3.05, 3.63) is 45.9 Å². The highest BCUT2D eigenvalue weighted by atomic mass is 35.5. The molecular formula is C26H34Cl2N4O8. The molecule has 3 aliphatic rings. The number of phenols is 1. The van der Waals surface area contributed by atoms with Gasteiger partial charge in [0.05, 0.1) is 23.3 Å². The molecule has 0 fully saturated rings. The number of allylic oxidation sites excluding steroid dienone is 1. The summed E-state index contributed by atoms with van der Waals surface area (Å²) in [4.78, 5) is 54.7. The molecule has 0 heterocycles. The first-order valence-electron chi connectivity index (χ1n) is 12.1. The third-order valence-electron chi connectivity index (χ3n) is 8.01. The highest BCUT2D eigenvalue weighted by Gasteiger charge is 2.63. The van der Waals surface area contributed by atoms with Gasteiger partial charge in [0.15, 0.2) is 17.1 Å². The van der Waals surface area contributed by atoms with Crippen molar-refractivity contribution in [1.29, 1.82) is 0 Å². The first-order chi connectivity index (χ1) is 17.6. The van der Waals surface area contributed by atoms with Gasteiger partial charge in [-0.25, -0.2) is 0 Å². The van der Waals surface area contributed by atoms with E-state index < -0.39 is 75.7 Å². The molecule has 2 amide bonds. The molecule has 1 aromatic carbocycles. The van der Waals surface area contributed by atoms with Gasteiger partial charge in [-0.1, -0.05) is 6.07 Å². The van der Waals surface area contributed by atoms with E-state index in [1.54, 1.807) is 46.1 Å². The number of nitrogens with zero attached hydrogens (tertiary/aromatic N) is 2. The minimum Gasteiger partial charge on any atom is -0.510 e. The van der Waals surface area contributed by atoms with Gasteiger partial charge in [0, 0.05) is 11.5 Å². The van der Waals surface area contributed by atoms with Crippen LogP contribution in [-0.4, -0.2) is 99.5 Å². The van der Waals surface area contributed by atoms with E-state index in [2.05, 4.69) is 5.32 Å². The number of rotatable bonds is 5. The number of amides is 2. The number of likely N-dealkylation sites (N-methyl/N-ethyl adjacent to an activating group) is 2. The first kappa shape index (κ1) is 33.0. The zero-order valence-electron chi connectivity index (χ0n) is 22.6. The Morgan fingerprint density at radius 2 is 1.70 bits per heavy atom. The molecule has 0 saturated carbocycles. The standard InChI is InChI=1S/C26H32N4O8.2ClH/c1-10(29(2)3)25(37)28-14-7-6-11-8-12-9-13-18(30(4)5)21(33)17(24(27)36)23(35)26(13,38)22(34)16(12)20(32)15(11)19(14)31;;/h6-7,10,12-13,18,31,33-34,38H,8-9H2,1-5H3,(H2,27,36)(H,28,37);2*1H/t10?,12?,13?,18-,26-;;/m0../s1. The number of aromatic hydroxyl groups is 1. The van der Waals surface area contributed by atoms with Crippen molar-refractivity contribution in [2.75, 3.05) is 33.5 Å². The molecule has 12 nitrogen and oxygen atoms in total. The average molecular weight is 601 g/mol. The van der Waals surface area contributed by atoms with Crippen LogP contribution in [0.1, 0.15) is 29.3 Å². The number of ketones is 2. The number of hydrogen-bond donors (Lipinski definition) is 6. The van der Waals surface area contributed by atoms with Crippen molar-refractivity contribution in [2.45, 2.75) is 37.5 Å². The highest BCUT2D eigenvalue weighted by Crippen LogP contribution is 2.52. The van der Waals surface area contributed by atoms with Crippen LogP contribution in [0, 0.1) is 11.8 Å². The second-order valence-electron chi connectivity index (χ2n) is 10.6. The smallest absolute Gasteiger partial charge is 0.255 e. The molecule has 3 unspecified atom stereocenters. The summed E-state index contributed by atoms with van der Waals surface area (Å²) in [5.41, 5.74) is 1.80. The zero-order chi connectivity index (χ0) is 28.4. The van der Waals surface area contributed by atoms with E-state index in [4.69, 9.17) is 5.73 Å². The molecule has 14 heteroatoms. The maximum Gasteiger partial charge on any atom is 0.255 e. The fourth-order valence-electron chi connectivity index (χ4n) is 5.80. The van der Waals surface area contributed by atoms with Crippen LogP contribution in [0.15, 0.2) is 34.8 Å². The Hall–Kier alpha value is -3.16. The van der Waals surface area contributed by atoms with Gasteiger partial charge in [-0.15, -0.1) is 24.8 Å². The SMILES string of the molecule is CC(C(=O)Nc1ccc2c(c1O)C(=O)C1=C(O)[C@]3(O)C(=O)C(C(N)=O)=C(O)[C@@H](N(C)C)C3CC1C2)N(C)C.Cl.Cl. The van der Waals surface area contributed by atoms with Crippen LogP contribution in [0.4, 0.5) is 5.69 Å². The van der Waals surface area contributed by atoms with Gasteiger partial charge >= 0.3 is 0 Å². The maximum atomic E-state index is 13.7. The van der Waals surface area contributed by atoms with E-state index >= 15 is 0 Å². The quantitative estimate of drug-likeness (QED) is 0.208. The summed E-state index contributed by atoms with van der Waals surface area (Å²) in [6.45, 7) is 1.66. The largest absolute Gasteiger partial charge is 0.510 e. The number of phenolic OH excluding ortho intramolecular Hbond substituents is 1. The molecule has 40 heavy (non-hydrogen) atoms. The molecular weight excluding hydrogens is 567 g/mol. The number of primary amides is 1. The lowest BCUT2D eigenvalue weighted by atomic mass is 9.58. The second kappa shape index (κ2) is 11.4. The molecule has 0 saturated heterocycles. The number of halogens is 2. The van der Waals surface area contributed by atoms with Crippen molar-refractivity contribution in [1.82, 2.24) is 9.80 Å². The van der Waals surface area contributed by atoms with Gasteiger partial charge in [-0.2, -0.15) is 0 Å². The molecule has 0 radical (unpaired) electrons. The van der Waals surface area contributed by atoms with Crippen LogP contribution in [0.25, 0.3) is 0 Å². The highest BCUT2D eigenvalue weighted by molar-refractivity contribution is 6.25. The number of hydrogen-bond acceptors (Lipinski definition) is 10. The Morgan fingerprint density at radius 1 is 1.10 bits per heavy atom. The van der Waals surface area contributed by atoms with E-state index in [9.17, 15) is 39.6 Å². The van der Waals surface area contributed by atoms with Gasteiger partial charge in [0.25, 0.3) is 5.91 Å². The Bertz CT molecular complexity index is 1340. The van der Waals surface area contributed by atoms with Crippen molar-refractivity contribution in [3.8, 4) is 5.75 Å². The average Bonchev–Trinajstić information content (AvgIpc) is 2.82. The lowest BCUT2D eigenvalue weighted by Crippen LogP contribution is -2.63. The van der Waals surface area contributed by atoms with E-state index in [0.29, 0.717) is 5.56 Å². The fraction of sp³-hybridized carbons (Fsp3) is 0.462. The number of aliphatic hydroxyl groups excluding tert-OH is 2. The third-order valence-corrected chi connectivity index (χ3v) is 8.01. The van der Waals surface area contributed by atoms with E-state index in [1.807, 2.05) is 0 Å². The number of carbonyl (C=O) groups excluding carboxylic acids is 4. The lowest BCUT2D eigenvalue weighted by molar-refractivity contribution is -0.148. The van der Waals surface area contributed by atoms with Crippen LogP contribution in [0.5, 0.6) is 5.75 Å². The monoisotopic (exact) mass is 600 g/mol. The zero-order valence-corrected chi connectivity index (χ0v) is 24.2. The number of Topliss-reactive ketones (excluding diaryl/α,β-unsaturated/α-hetero) is 2. The topological polar surface area (TPSA) is 194 Å². The molecule has 5 atom stereocenters. The molecule has 0 aromatic heterocycles.